The fraction of sp³-hybridized carbons (Fsp3) is 0.263. The van der Waals surface area contributed by atoms with E-state index in [1.807, 2.05) is 31.2 Å². The summed E-state index contributed by atoms with van der Waals surface area (Å²) >= 11 is 0. The van der Waals surface area contributed by atoms with Crippen LogP contribution in [0.3, 0.4) is 0 Å². The molecule has 0 bridgehead atoms. The minimum atomic E-state index is -0.360. The van der Waals surface area contributed by atoms with Crippen LogP contribution in [0.2, 0.25) is 0 Å². The molecule has 0 atom stereocenters. The van der Waals surface area contributed by atoms with Crippen molar-refractivity contribution in [3.05, 3.63) is 70.8 Å². The Hall–Kier alpha value is -2.42. The monoisotopic (exact) mass is 296 g/mol. The lowest BCUT2D eigenvalue weighted by Crippen LogP contribution is -2.06. The van der Waals surface area contributed by atoms with Crippen LogP contribution in [0.25, 0.3) is 0 Å². The lowest BCUT2D eigenvalue weighted by Gasteiger charge is -2.06. The van der Waals surface area contributed by atoms with Gasteiger partial charge < -0.3 is 4.74 Å². The molecule has 0 saturated heterocycles. The zero-order valence-electron chi connectivity index (χ0n) is 13.0. The second-order valence-electron chi connectivity index (χ2n) is 5.15. The van der Waals surface area contributed by atoms with Crippen molar-refractivity contribution < 1.29 is 14.3 Å². The van der Waals surface area contributed by atoms with Crippen LogP contribution in [0.5, 0.6) is 0 Å². The normalized spacial score (nSPS) is 10.3. The lowest BCUT2D eigenvalue weighted by atomic mass is 9.99. The van der Waals surface area contributed by atoms with Crippen LogP contribution in [0.1, 0.15) is 45.2 Å². The van der Waals surface area contributed by atoms with Gasteiger partial charge in [0, 0.05) is 12.0 Å². The van der Waals surface area contributed by atoms with Crippen molar-refractivity contribution in [2.24, 2.45) is 0 Å². The van der Waals surface area contributed by atoms with E-state index in [9.17, 15) is 9.59 Å². The second-order valence-corrected chi connectivity index (χ2v) is 5.15. The van der Waals surface area contributed by atoms with Gasteiger partial charge in [-0.2, -0.15) is 0 Å². The summed E-state index contributed by atoms with van der Waals surface area (Å²) in [5.41, 5.74) is 3.49. The zero-order valence-corrected chi connectivity index (χ0v) is 13.0. The Morgan fingerprint density at radius 3 is 2.23 bits per heavy atom. The van der Waals surface area contributed by atoms with Gasteiger partial charge in [-0.3, -0.25) is 4.79 Å². The number of hydrogen-bond donors (Lipinski definition) is 0. The van der Waals surface area contributed by atoms with Crippen molar-refractivity contribution in [3.63, 3.8) is 0 Å². The molecule has 0 aromatic heterocycles. The van der Waals surface area contributed by atoms with Gasteiger partial charge in [-0.25, -0.2) is 4.79 Å². The first-order chi connectivity index (χ1) is 10.6. The highest BCUT2D eigenvalue weighted by molar-refractivity contribution is 5.97. The molecule has 114 valence electrons. The van der Waals surface area contributed by atoms with Crippen molar-refractivity contribution >= 4 is 11.8 Å². The minimum absolute atomic E-state index is 0.0821. The van der Waals surface area contributed by atoms with E-state index in [-0.39, 0.29) is 11.8 Å². The quantitative estimate of drug-likeness (QED) is 0.598. The number of aryl methyl sites for hydroxylation is 2. The number of esters is 1. The number of rotatable bonds is 6. The van der Waals surface area contributed by atoms with Gasteiger partial charge >= 0.3 is 5.97 Å². The van der Waals surface area contributed by atoms with Crippen LogP contribution in [0, 0.1) is 6.92 Å². The van der Waals surface area contributed by atoms with E-state index in [1.165, 1.54) is 11.1 Å². The number of carbonyl (C=O) groups excluding carboxylic acids is 2. The van der Waals surface area contributed by atoms with Gasteiger partial charge in [0.1, 0.15) is 0 Å². The van der Waals surface area contributed by atoms with Crippen LogP contribution >= 0.6 is 0 Å². The summed E-state index contributed by atoms with van der Waals surface area (Å²) in [5, 5.41) is 0. The maximum absolute atomic E-state index is 12.2. The van der Waals surface area contributed by atoms with Gasteiger partial charge in [0.15, 0.2) is 5.78 Å². The average Bonchev–Trinajstić information content (AvgIpc) is 2.54. The van der Waals surface area contributed by atoms with E-state index < -0.39 is 0 Å². The molecule has 0 aliphatic rings. The third-order valence-electron chi connectivity index (χ3n) is 3.60. The van der Waals surface area contributed by atoms with Gasteiger partial charge in [0.2, 0.25) is 0 Å². The van der Waals surface area contributed by atoms with Gasteiger partial charge in [0.05, 0.1) is 12.2 Å². The third-order valence-corrected chi connectivity index (χ3v) is 3.60. The Bertz CT molecular complexity index is 657. The highest BCUT2D eigenvalue weighted by Gasteiger charge is 2.10. The summed E-state index contributed by atoms with van der Waals surface area (Å²) in [4.78, 5) is 23.8. The van der Waals surface area contributed by atoms with E-state index in [4.69, 9.17) is 4.74 Å². The third kappa shape index (κ3) is 4.04. The lowest BCUT2D eigenvalue weighted by molar-refractivity contribution is 0.0526. The smallest absolute Gasteiger partial charge is 0.338 e. The number of ether oxygens (including phenoxy) is 1. The van der Waals surface area contributed by atoms with Gasteiger partial charge in [0.25, 0.3) is 0 Å². The maximum atomic E-state index is 12.2. The molecule has 0 N–H and O–H groups in total. The van der Waals surface area contributed by atoms with E-state index in [2.05, 4.69) is 0 Å². The predicted molar refractivity (Wildman–Crippen MR) is 86.2 cm³/mol. The first-order valence-electron chi connectivity index (χ1n) is 7.46. The zero-order chi connectivity index (χ0) is 15.9. The molecule has 0 spiro atoms. The van der Waals surface area contributed by atoms with Crippen molar-refractivity contribution in [1.29, 1.82) is 0 Å². The van der Waals surface area contributed by atoms with Crippen LogP contribution in [-0.2, 0) is 11.2 Å². The standard InChI is InChI=1S/C19H20O3/c1-3-22-19(21)17-10-8-16(9-11-17)18(20)13-12-15-7-5-4-6-14(15)2/h4-11H,3,12-13H2,1-2H3. The summed E-state index contributed by atoms with van der Waals surface area (Å²) in [7, 11) is 0. The number of carbonyl (C=O) groups is 2. The number of ketones is 1. The second kappa shape index (κ2) is 7.55. The van der Waals surface area contributed by atoms with E-state index in [1.54, 1.807) is 31.2 Å². The summed E-state index contributed by atoms with van der Waals surface area (Å²) in [6, 6.07) is 14.7. The van der Waals surface area contributed by atoms with E-state index in [0.29, 0.717) is 24.2 Å². The SMILES string of the molecule is CCOC(=O)c1ccc(C(=O)CCc2ccccc2C)cc1. The van der Waals surface area contributed by atoms with Crippen LogP contribution in [0.4, 0.5) is 0 Å². The average molecular weight is 296 g/mol. The maximum Gasteiger partial charge on any atom is 0.338 e. The summed E-state index contributed by atoms with van der Waals surface area (Å²) < 4.78 is 4.92. The summed E-state index contributed by atoms with van der Waals surface area (Å²) in [6.07, 6.45) is 1.19. The molecule has 2 rings (SSSR count). The summed E-state index contributed by atoms with van der Waals surface area (Å²) in [6.45, 7) is 4.16. The number of benzene rings is 2. The molecule has 0 unspecified atom stereocenters. The van der Waals surface area contributed by atoms with Gasteiger partial charge in [-0.05, 0) is 43.5 Å². The Morgan fingerprint density at radius 2 is 1.59 bits per heavy atom. The van der Waals surface area contributed by atoms with Crippen molar-refractivity contribution in [1.82, 2.24) is 0 Å². The highest BCUT2D eigenvalue weighted by atomic mass is 16.5. The molecular weight excluding hydrogens is 276 g/mol. The van der Waals surface area contributed by atoms with Gasteiger partial charge in [-0.1, -0.05) is 36.4 Å². The largest absolute Gasteiger partial charge is 0.462 e. The molecule has 2 aromatic carbocycles. The van der Waals surface area contributed by atoms with E-state index in [0.717, 1.165) is 6.42 Å². The molecule has 0 saturated carbocycles. The molecular formula is C19H20O3. The number of hydrogen-bond acceptors (Lipinski definition) is 3. The number of Topliss-reactive ketones (excluding diaryl/α,β-unsaturated/α-hetero) is 1. The fourth-order valence-electron chi connectivity index (χ4n) is 2.29. The Balaban J connectivity index is 1.98. The van der Waals surface area contributed by atoms with E-state index >= 15 is 0 Å². The molecule has 0 aliphatic carbocycles. The minimum Gasteiger partial charge on any atom is -0.462 e. The predicted octanol–water partition coefficient (Wildman–Crippen LogP) is 3.99. The molecule has 3 heteroatoms. The molecule has 0 radical (unpaired) electrons. The van der Waals surface area contributed by atoms with Crippen LogP contribution in [-0.4, -0.2) is 18.4 Å². The van der Waals surface area contributed by atoms with Crippen molar-refractivity contribution in [3.8, 4) is 0 Å². The first-order valence-corrected chi connectivity index (χ1v) is 7.46. The van der Waals surface area contributed by atoms with Gasteiger partial charge in [-0.15, -0.1) is 0 Å². The molecule has 0 fully saturated rings. The van der Waals surface area contributed by atoms with Crippen LogP contribution < -0.4 is 0 Å². The Labute approximate surface area is 130 Å². The molecule has 22 heavy (non-hydrogen) atoms. The molecule has 3 nitrogen and oxygen atoms in total. The first kappa shape index (κ1) is 16.0. The molecule has 2 aromatic rings. The molecule has 0 heterocycles. The fourth-order valence-corrected chi connectivity index (χ4v) is 2.29. The van der Waals surface area contributed by atoms with Crippen molar-refractivity contribution in [2.75, 3.05) is 6.61 Å². The molecule has 0 aliphatic heterocycles. The van der Waals surface area contributed by atoms with Crippen molar-refractivity contribution in [2.45, 2.75) is 26.7 Å². The topological polar surface area (TPSA) is 43.4 Å². The molecule has 0 amide bonds. The van der Waals surface area contributed by atoms with Crippen LogP contribution in [0.15, 0.2) is 48.5 Å². The summed E-state index contributed by atoms with van der Waals surface area (Å²) in [5.74, 6) is -0.278. The highest BCUT2D eigenvalue weighted by Crippen LogP contribution is 2.13. The Morgan fingerprint density at radius 1 is 0.955 bits per heavy atom. The Kier molecular flexibility index (Phi) is 5.48.